The van der Waals surface area contributed by atoms with Gasteiger partial charge in [0, 0.05) is 5.92 Å². The molecule has 9 atom stereocenters. The van der Waals surface area contributed by atoms with Crippen LogP contribution in [0.4, 0.5) is 0 Å². The molecule has 0 heterocycles. The van der Waals surface area contributed by atoms with Crippen molar-refractivity contribution in [2.45, 2.75) is 76.0 Å². The fourth-order valence-corrected chi connectivity index (χ4v) is 8.41. The molecule has 4 aliphatic carbocycles. The zero-order valence-electron chi connectivity index (χ0n) is 24.2. The third-order valence-corrected chi connectivity index (χ3v) is 10.8. The van der Waals surface area contributed by atoms with Gasteiger partial charge in [0.05, 0.1) is 29.5 Å². The highest BCUT2D eigenvalue weighted by Gasteiger charge is 2.72. The summed E-state index contributed by atoms with van der Waals surface area (Å²) in [6.07, 6.45) is 2.55. The van der Waals surface area contributed by atoms with Crippen LogP contribution >= 0.6 is 0 Å². The molecule has 5 rings (SSSR count). The summed E-state index contributed by atoms with van der Waals surface area (Å²) in [6, 6.07) is 2.18. The number of likely N-dealkylation sites (N-methyl/N-ethyl adjacent to an activating group) is 1. The van der Waals surface area contributed by atoms with Crippen LogP contribution in [-0.2, 0) is 19.2 Å². The Morgan fingerprint density at radius 3 is 2.22 bits per heavy atom. The molecule has 41 heavy (non-hydrogen) atoms. The zero-order chi connectivity index (χ0) is 30.3. The number of primary amides is 1. The number of ketones is 4. The minimum Gasteiger partial charge on any atom is -0.507 e. The van der Waals surface area contributed by atoms with Gasteiger partial charge in [-0.25, -0.2) is 0 Å². The molecule has 1 amide bonds. The molecule has 4 aliphatic rings. The summed E-state index contributed by atoms with van der Waals surface area (Å²) in [6.45, 7) is 5.97. The van der Waals surface area contributed by atoms with Crippen LogP contribution in [0.5, 0.6) is 5.75 Å². The highest BCUT2D eigenvalue weighted by Crippen LogP contribution is 2.55. The maximum absolute atomic E-state index is 14.1. The molecule has 10 heteroatoms. The van der Waals surface area contributed by atoms with Gasteiger partial charge in [-0.1, -0.05) is 45.7 Å². The Balaban J connectivity index is 1.62. The predicted octanol–water partition coefficient (Wildman–Crippen LogP) is 1.33. The van der Waals surface area contributed by atoms with Crippen LogP contribution in [0.1, 0.15) is 79.8 Å². The lowest BCUT2D eigenvalue weighted by molar-refractivity contribution is -0.196. The third-order valence-electron chi connectivity index (χ3n) is 10.8. The lowest BCUT2D eigenvalue weighted by Gasteiger charge is -2.56. The van der Waals surface area contributed by atoms with Crippen LogP contribution in [-0.4, -0.2) is 81.1 Å². The number of Topliss-reactive ketones (excluding diaryl/α,β-unsaturated/α-hetero) is 4. The van der Waals surface area contributed by atoms with Crippen LogP contribution in [0.2, 0.25) is 0 Å². The Bertz CT molecular complexity index is 1330. The molecule has 0 spiro atoms. The number of carbonyl (C=O) groups is 5. The third kappa shape index (κ3) is 4.05. The number of nitrogens with zero attached hydrogens (tertiary/aromatic N) is 1. The van der Waals surface area contributed by atoms with Crippen molar-refractivity contribution in [1.29, 1.82) is 0 Å². The van der Waals surface area contributed by atoms with E-state index >= 15 is 0 Å². The number of aliphatic hydroxyl groups excluding tert-OH is 1. The number of phenolic OH excluding ortho intramolecular Hbond substituents is 1. The van der Waals surface area contributed by atoms with Crippen molar-refractivity contribution in [2.24, 2.45) is 41.2 Å². The fourth-order valence-electron chi connectivity index (χ4n) is 8.41. The van der Waals surface area contributed by atoms with E-state index < -0.39 is 76.4 Å². The quantitative estimate of drug-likeness (QED) is 0.391. The van der Waals surface area contributed by atoms with Gasteiger partial charge in [0.25, 0.3) is 0 Å². The molecule has 222 valence electrons. The smallest absolute Gasteiger partial charge is 0.235 e. The van der Waals surface area contributed by atoms with Gasteiger partial charge < -0.3 is 21.1 Å². The number of nitrogens with two attached hydrogens (primary N) is 1. The van der Waals surface area contributed by atoms with E-state index in [1.165, 1.54) is 19.0 Å². The van der Waals surface area contributed by atoms with Crippen molar-refractivity contribution in [2.75, 3.05) is 14.1 Å². The van der Waals surface area contributed by atoms with Crippen LogP contribution < -0.4 is 5.73 Å². The summed E-state index contributed by atoms with van der Waals surface area (Å²) in [5.74, 6) is -12.0. The number of rotatable bonds is 4. The van der Waals surface area contributed by atoms with Gasteiger partial charge in [0.2, 0.25) is 5.91 Å². The van der Waals surface area contributed by atoms with Gasteiger partial charge in [-0.2, -0.15) is 0 Å². The zero-order valence-corrected chi connectivity index (χ0v) is 24.2. The SMILES string of the molecule is CC1CCC(C(C)c2ccc3c(c2O)C(=O)C2C(=O)[C@@]4(O)C(=O)C(C(N)=O)C(=O)[C@H](N(C)C)[C@H]4[C@H](O)[C@H]2[C@@H]3C)CC1. The number of hydrogen-bond donors (Lipinski definition) is 4. The summed E-state index contributed by atoms with van der Waals surface area (Å²) in [7, 11) is 2.94. The van der Waals surface area contributed by atoms with Crippen LogP contribution in [0.15, 0.2) is 12.1 Å². The summed E-state index contributed by atoms with van der Waals surface area (Å²) < 4.78 is 0. The molecule has 3 saturated carbocycles. The highest BCUT2D eigenvalue weighted by molar-refractivity contribution is 6.32. The maximum Gasteiger partial charge on any atom is 0.235 e. The first-order valence-electron chi connectivity index (χ1n) is 14.5. The molecule has 0 aliphatic heterocycles. The molecular weight excluding hydrogens is 528 g/mol. The molecular formula is C31H40N2O8. The van der Waals surface area contributed by atoms with Crippen molar-refractivity contribution in [3.05, 3.63) is 28.8 Å². The first-order chi connectivity index (χ1) is 19.2. The summed E-state index contributed by atoms with van der Waals surface area (Å²) in [4.78, 5) is 68.5. The Kier molecular flexibility index (Phi) is 7.28. The minimum absolute atomic E-state index is 0.0372. The molecule has 0 bridgehead atoms. The lowest BCUT2D eigenvalue weighted by Crippen LogP contribution is -2.77. The lowest BCUT2D eigenvalue weighted by atomic mass is 9.49. The molecule has 1 aromatic carbocycles. The summed E-state index contributed by atoms with van der Waals surface area (Å²) in [5.41, 5.74) is 3.40. The Morgan fingerprint density at radius 2 is 1.66 bits per heavy atom. The van der Waals surface area contributed by atoms with E-state index in [1.807, 2.05) is 13.0 Å². The Hall–Kier alpha value is -2.95. The normalized spacial score (nSPS) is 39.7. The van der Waals surface area contributed by atoms with E-state index in [1.54, 1.807) is 13.0 Å². The molecule has 0 aromatic heterocycles. The molecule has 10 nitrogen and oxygen atoms in total. The van der Waals surface area contributed by atoms with E-state index in [2.05, 4.69) is 6.92 Å². The van der Waals surface area contributed by atoms with E-state index in [-0.39, 0.29) is 17.2 Å². The summed E-state index contributed by atoms with van der Waals surface area (Å²) in [5, 5.41) is 35.0. The largest absolute Gasteiger partial charge is 0.507 e. The van der Waals surface area contributed by atoms with E-state index in [4.69, 9.17) is 5.73 Å². The number of fused-ring (bicyclic) bond motifs is 3. The van der Waals surface area contributed by atoms with Crippen LogP contribution in [0, 0.1) is 35.5 Å². The number of aromatic hydroxyl groups is 1. The van der Waals surface area contributed by atoms with E-state index in [0.29, 0.717) is 23.0 Å². The molecule has 3 unspecified atom stereocenters. The van der Waals surface area contributed by atoms with Gasteiger partial charge in [0.1, 0.15) is 5.75 Å². The average molecular weight is 569 g/mol. The van der Waals surface area contributed by atoms with Gasteiger partial charge in [0.15, 0.2) is 34.7 Å². The maximum atomic E-state index is 14.1. The van der Waals surface area contributed by atoms with Crippen molar-refractivity contribution in [3.63, 3.8) is 0 Å². The second-order valence-electron chi connectivity index (χ2n) is 13.1. The standard InChI is InChI=1S/C31H40N2O8/c1-12-6-8-15(9-7-12)13(2)17-11-10-16-14(3)18-20(25(35)19(16)24(17)34)28(38)31(41)22(26(18)36)23(33(4)5)27(37)21(29(31)39)30(32)40/h10-15,18,20-23,26,34,36,41H,6-9H2,1-5H3,(H2,32,40)/t12?,13?,14-,15?,18+,20?,21?,22+,23-,26-,31-/m1/s1. The number of amides is 1. The van der Waals surface area contributed by atoms with E-state index in [9.17, 15) is 39.3 Å². The van der Waals surface area contributed by atoms with Crippen molar-refractivity contribution >= 4 is 29.0 Å². The second-order valence-corrected chi connectivity index (χ2v) is 13.1. The first-order valence-corrected chi connectivity index (χ1v) is 14.5. The Labute approximate surface area is 239 Å². The number of aliphatic hydroxyl groups is 2. The van der Waals surface area contributed by atoms with Crippen LogP contribution in [0.25, 0.3) is 0 Å². The predicted molar refractivity (Wildman–Crippen MR) is 147 cm³/mol. The van der Waals surface area contributed by atoms with Gasteiger partial charge in [-0.15, -0.1) is 0 Å². The summed E-state index contributed by atoms with van der Waals surface area (Å²) >= 11 is 0. The number of hydrogen-bond acceptors (Lipinski definition) is 9. The van der Waals surface area contributed by atoms with Crippen molar-refractivity contribution in [3.8, 4) is 5.75 Å². The van der Waals surface area contributed by atoms with Gasteiger partial charge in [-0.05, 0) is 61.7 Å². The topological polar surface area (TPSA) is 175 Å². The van der Waals surface area contributed by atoms with Gasteiger partial charge >= 0.3 is 0 Å². The molecule has 0 saturated heterocycles. The monoisotopic (exact) mass is 568 g/mol. The molecule has 1 aromatic rings. The highest BCUT2D eigenvalue weighted by atomic mass is 16.3. The molecule has 5 N–H and O–H groups in total. The van der Waals surface area contributed by atoms with Crippen molar-refractivity contribution < 1.29 is 39.3 Å². The number of benzene rings is 1. The average Bonchev–Trinajstić information content (AvgIpc) is 2.90. The van der Waals surface area contributed by atoms with E-state index in [0.717, 1.165) is 25.7 Å². The molecule has 3 fully saturated rings. The first kappa shape index (κ1) is 29.5. The van der Waals surface area contributed by atoms with Crippen molar-refractivity contribution in [1.82, 2.24) is 4.90 Å². The minimum atomic E-state index is -2.99. The number of carbonyl (C=O) groups excluding carboxylic acids is 5. The van der Waals surface area contributed by atoms with Gasteiger partial charge in [-0.3, -0.25) is 28.9 Å². The second kappa shape index (κ2) is 10.1. The fraction of sp³-hybridized carbons (Fsp3) is 0.645. The Morgan fingerprint density at radius 1 is 1.05 bits per heavy atom. The number of phenols is 1. The van der Waals surface area contributed by atoms with Crippen LogP contribution in [0.3, 0.4) is 0 Å². The molecule has 0 radical (unpaired) electrons.